The Morgan fingerprint density at radius 1 is 1.14 bits per heavy atom. The van der Waals surface area contributed by atoms with Crippen molar-refractivity contribution in [3.63, 3.8) is 0 Å². The molecule has 0 bridgehead atoms. The number of carbonyl (C=O) groups excluding carboxylic acids is 1. The zero-order valence-corrected chi connectivity index (χ0v) is 12.2. The zero-order valence-electron chi connectivity index (χ0n) is 11.5. The van der Waals surface area contributed by atoms with Crippen molar-refractivity contribution in [3.05, 3.63) is 70.8 Å². The Labute approximate surface area is 128 Å². The van der Waals surface area contributed by atoms with E-state index in [0.717, 1.165) is 5.56 Å². The van der Waals surface area contributed by atoms with E-state index in [2.05, 4.69) is 0 Å². The van der Waals surface area contributed by atoms with Crippen molar-refractivity contribution in [2.75, 3.05) is 0 Å². The van der Waals surface area contributed by atoms with Crippen LogP contribution >= 0.6 is 11.6 Å². The van der Waals surface area contributed by atoms with E-state index < -0.39 is 6.10 Å². The Balaban J connectivity index is 2.14. The Morgan fingerprint density at radius 2 is 1.76 bits per heavy atom. The predicted octanol–water partition coefficient (Wildman–Crippen LogP) is 3.93. The lowest BCUT2D eigenvalue weighted by molar-refractivity contribution is -0.131. The fourth-order valence-corrected chi connectivity index (χ4v) is 2.08. The van der Waals surface area contributed by atoms with Gasteiger partial charge < -0.3 is 9.84 Å². The maximum atomic E-state index is 10.8. The number of esters is 1. The van der Waals surface area contributed by atoms with Gasteiger partial charge in [-0.2, -0.15) is 0 Å². The van der Waals surface area contributed by atoms with Gasteiger partial charge in [0.05, 0.1) is 5.03 Å². The third-order valence-electron chi connectivity index (χ3n) is 2.82. The van der Waals surface area contributed by atoms with Gasteiger partial charge in [-0.15, -0.1) is 0 Å². The van der Waals surface area contributed by atoms with Crippen molar-refractivity contribution in [2.45, 2.75) is 13.0 Å². The molecule has 0 saturated carbocycles. The largest absolute Gasteiger partial charge is 0.427 e. The second-order valence-corrected chi connectivity index (χ2v) is 4.94. The van der Waals surface area contributed by atoms with Gasteiger partial charge in [0.1, 0.15) is 11.9 Å². The first-order valence-corrected chi connectivity index (χ1v) is 6.82. The first-order valence-electron chi connectivity index (χ1n) is 6.45. The molecule has 0 aliphatic rings. The zero-order chi connectivity index (χ0) is 15.2. The normalized spacial score (nSPS) is 12.8. The van der Waals surface area contributed by atoms with Gasteiger partial charge in [0.15, 0.2) is 0 Å². The van der Waals surface area contributed by atoms with Crippen LogP contribution in [0.4, 0.5) is 0 Å². The van der Waals surface area contributed by atoms with Gasteiger partial charge in [0.25, 0.3) is 0 Å². The van der Waals surface area contributed by atoms with Gasteiger partial charge in [-0.1, -0.05) is 54.1 Å². The molecular formula is C17H15ClO3. The number of hydrogen-bond acceptors (Lipinski definition) is 3. The molecule has 0 amide bonds. The third-order valence-corrected chi connectivity index (χ3v) is 3.14. The van der Waals surface area contributed by atoms with E-state index in [4.69, 9.17) is 16.3 Å². The molecule has 0 aliphatic heterocycles. The Morgan fingerprint density at radius 3 is 2.33 bits per heavy atom. The summed E-state index contributed by atoms with van der Waals surface area (Å²) in [5.74, 6) is 0.0481. The summed E-state index contributed by atoms with van der Waals surface area (Å²) in [7, 11) is 0. The average Bonchev–Trinajstić information content (AvgIpc) is 2.47. The summed E-state index contributed by atoms with van der Waals surface area (Å²) in [4.78, 5) is 10.8. The lowest BCUT2D eigenvalue weighted by Crippen LogP contribution is -2.02. The summed E-state index contributed by atoms with van der Waals surface area (Å²) >= 11 is 6.15. The number of benzene rings is 2. The summed E-state index contributed by atoms with van der Waals surface area (Å²) in [6, 6.07) is 16.1. The van der Waals surface area contributed by atoms with E-state index >= 15 is 0 Å². The van der Waals surface area contributed by atoms with Crippen LogP contribution < -0.4 is 4.74 Å². The number of rotatable bonds is 4. The summed E-state index contributed by atoms with van der Waals surface area (Å²) < 4.78 is 4.94. The van der Waals surface area contributed by atoms with Crippen molar-refractivity contribution in [3.8, 4) is 5.75 Å². The molecule has 0 radical (unpaired) electrons. The van der Waals surface area contributed by atoms with Crippen LogP contribution in [0.1, 0.15) is 24.2 Å². The molecule has 0 saturated heterocycles. The summed E-state index contributed by atoms with van der Waals surface area (Å²) in [5, 5.41) is 10.5. The van der Waals surface area contributed by atoms with Gasteiger partial charge in [0.2, 0.25) is 0 Å². The van der Waals surface area contributed by atoms with Crippen molar-refractivity contribution in [1.82, 2.24) is 0 Å². The minimum Gasteiger partial charge on any atom is -0.427 e. The Kier molecular flexibility index (Phi) is 5.14. The lowest BCUT2D eigenvalue weighted by Gasteiger charge is -2.11. The maximum absolute atomic E-state index is 10.8. The summed E-state index contributed by atoms with van der Waals surface area (Å²) in [6.07, 6.45) is 0.796. The van der Waals surface area contributed by atoms with E-state index in [1.54, 1.807) is 30.3 Å². The third kappa shape index (κ3) is 4.45. The van der Waals surface area contributed by atoms with E-state index in [1.165, 1.54) is 6.92 Å². The van der Waals surface area contributed by atoms with Gasteiger partial charge in [-0.3, -0.25) is 4.79 Å². The van der Waals surface area contributed by atoms with Gasteiger partial charge in [-0.05, 0) is 29.3 Å². The van der Waals surface area contributed by atoms with Crippen LogP contribution in [0.3, 0.4) is 0 Å². The van der Waals surface area contributed by atoms with Crippen molar-refractivity contribution in [2.24, 2.45) is 0 Å². The van der Waals surface area contributed by atoms with Crippen LogP contribution in [-0.4, -0.2) is 11.1 Å². The van der Waals surface area contributed by atoms with Crippen LogP contribution in [0.25, 0.3) is 6.08 Å². The van der Waals surface area contributed by atoms with Crippen LogP contribution in [0.5, 0.6) is 5.75 Å². The summed E-state index contributed by atoms with van der Waals surface area (Å²) in [6.45, 7) is 1.34. The maximum Gasteiger partial charge on any atom is 0.308 e. The molecule has 0 spiro atoms. The van der Waals surface area contributed by atoms with Gasteiger partial charge in [-0.25, -0.2) is 0 Å². The number of aliphatic hydroxyl groups is 1. The highest BCUT2D eigenvalue weighted by atomic mass is 35.5. The average molecular weight is 303 g/mol. The van der Waals surface area contributed by atoms with Gasteiger partial charge in [0, 0.05) is 6.92 Å². The minimum atomic E-state index is -0.918. The molecule has 0 heterocycles. The van der Waals surface area contributed by atoms with Crippen molar-refractivity contribution >= 4 is 23.6 Å². The van der Waals surface area contributed by atoms with E-state index in [0.29, 0.717) is 16.3 Å². The molecule has 4 heteroatoms. The molecule has 0 aromatic heterocycles. The monoisotopic (exact) mass is 302 g/mol. The highest BCUT2D eigenvalue weighted by molar-refractivity contribution is 6.32. The second-order valence-electron chi connectivity index (χ2n) is 4.51. The van der Waals surface area contributed by atoms with Crippen LogP contribution in [-0.2, 0) is 4.79 Å². The molecule has 1 N–H and O–H groups in total. The SMILES string of the molecule is CC(=O)Oc1ccc(C(O)/C(Cl)=C/c2ccccc2)cc1. The topological polar surface area (TPSA) is 46.5 Å². The van der Waals surface area contributed by atoms with Crippen molar-refractivity contribution < 1.29 is 14.6 Å². The molecule has 3 nitrogen and oxygen atoms in total. The minimum absolute atomic E-state index is 0.321. The van der Waals surface area contributed by atoms with Crippen LogP contribution in [0.2, 0.25) is 0 Å². The molecule has 2 aromatic rings. The Hall–Kier alpha value is -2.10. The van der Waals surface area contributed by atoms with E-state index in [-0.39, 0.29) is 5.97 Å². The standard InChI is InChI=1S/C17H15ClO3/c1-12(19)21-15-9-7-14(8-10-15)17(20)16(18)11-13-5-3-2-4-6-13/h2-11,17,20H,1H3/b16-11-. The quantitative estimate of drug-likeness (QED) is 0.687. The first kappa shape index (κ1) is 15.3. The second kappa shape index (κ2) is 7.07. The number of aliphatic hydroxyl groups excluding tert-OH is 1. The molecule has 2 aromatic carbocycles. The van der Waals surface area contributed by atoms with E-state index in [9.17, 15) is 9.90 Å². The lowest BCUT2D eigenvalue weighted by atomic mass is 10.1. The molecule has 21 heavy (non-hydrogen) atoms. The molecular weight excluding hydrogens is 288 g/mol. The molecule has 0 fully saturated rings. The van der Waals surface area contributed by atoms with Crippen LogP contribution in [0.15, 0.2) is 59.6 Å². The first-order chi connectivity index (χ1) is 10.1. The fourth-order valence-electron chi connectivity index (χ4n) is 1.83. The fraction of sp³-hybridized carbons (Fsp3) is 0.118. The van der Waals surface area contributed by atoms with E-state index in [1.807, 2.05) is 30.3 Å². The highest BCUT2D eigenvalue weighted by Gasteiger charge is 2.12. The highest BCUT2D eigenvalue weighted by Crippen LogP contribution is 2.27. The molecule has 0 aliphatic carbocycles. The van der Waals surface area contributed by atoms with Crippen molar-refractivity contribution in [1.29, 1.82) is 0 Å². The molecule has 2 rings (SSSR count). The molecule has 1 atom stereocenters. The Bertz CT molecular complexity index is 633. The number of halogens is 1. The van der Waals surface area contributed by atoms with Gasteiger partial charge >= 0.3 is 5.97 Å². The number of carbonyl (C=O) groups is 1. The summed E-state index contributed by atoms with van der Waals surface area (Å²) in [5.41, 5.74) is 1.54. The predicted molar refractivity (Wildman–Crippen MR) is 83.0 cm³/mol. The van der Waals surface area contributed by atoms with Crippen LogP contribution in [0, 0.1) is 0 Å². The molecule has 108 valence electrons. The molecule has 1 unspecified atom stereocenters. The number of ether oxygens (including phenoxy) is 1. The smallest absolute Gasteiger partial charge is 0.308 e. The number of hydrogen-bond donors (Lipinski definition) is 1.